The van der Waals surface area contributed by atoms with Gasteiger partial charge in [-0.3, -0.25) is 9.69 Å². The summed E-state index contributed by atoms with van der Waals surface area (Å²) >= 11 is 0. The summed E-state index contributed by atoms with van der Waals surface area (Å²) in [5.74, 6) is 0.0922. The number of piperazine rings is 1. The third kappa shape index (κ3) is 5.18. The summed E-state index contributed by atoms with van der Waals surface area (Å²) in [6.45, 7) is 7.95. The van der Waals surface area contributed by atoms with E-state index in [-0.39, 0.29) is 30.3 Å². The SMILES string of the molecule is CC(CCO)CNC(=O)C(C)N1CCN(c2ccc(F)cc2)CC1. The molecule has 0 aliphatic carbocycles. The van der Waals surface area contributed by atoms with Crippen LogP contribution in [0.25, 0.3) is 0 Å². The van der Waals surface area contributed by atoms with E-state index in [4.69, 9.17) is 5.11 Å². The molecule has 1 fully saturated rings. The van der Waals surface area contributed by atoms with Crippen LogP contribution in [-0.2, 0) is 4.79 Å². The molecular formula is C18H28FN3O2. The minimum absolute atomic E-state index is 0.0371. The minimum atomic E-state index is -0.224. The molecule has 6 heteroatoms. The lowest BCUT2D eigenvalue weighted by molar-refractivity contribution is -0.126. The Morgan fingerprint density at radius 1 is 1.21 bits per heavy atom. The number of carbonyl (C=O) groups excluding carboxylic acids is 1. The van der Waals surface area contributed by atoms with E-state index in [1.807, 2.05) is 13.8 Å². The van der Waals surface area contributed by atoms with Gasteiger partial charge in [-0.05, 0) is 43.5 Å². The maximum Gasteiger partial charge on any atom is 0.237 e. The highest BCUT2D eigenvalue weighted by molar-refractivity contribution is 5.81. The highest BCUT2D eigenvalue weighted by Crippen LogP contribution is 2.17. The van der Waals surface area contributed by atoms with E-state index in [0.717, 1.165) is 31.9 Å². The first-order chi connectivity index (χ1) is 11.5. The molecule has 0 radical (unpaired) electrons. The summed E-state index contributed by atoms with van der Waals surface area (Å²) in [7, 11) is 0. The number of hydrogen-bond donors (Lipinski definition) is 2. The van der Waals surface area contributed by atoms with E-state index < -0.39 is 0 Å². The van der Waals surface area contributed by atoms with Gasteiger partial charge in [0.15, 0.2) is 0 Å². The first kappa shape index (κ1) is 18.7. The third-order valence-corrected chi connectivity index (χ3v) is 4.68. The fraction of sp³-hybridized carbons (Fsp3) is 0.611. The molecule has 2 N–H and O–H groups in total. The van der Waals surface area contributed by atoms with E-state index in [1.54, 1.807) is 12.1 Å². The van der Waals surface area contributed by atoms with Crippen LogP contribution in [0.4, 0.5) is 10.1 Å². The molecule has 0 bridgehead atoms. The van der Waals surface area contributed by atoms with E-state index >= 15 is 0 Å². The first-order valence-electron chi connectivity index (χ1n) is 8.64. The zero-order valence-corrected chi connectivity index (χ0v) is 14.5. The van der Waals surface area contributed by atoms with Gasteiger partial charge in [0.1, 0.15) is 5.82 Å². The Labute approximate surface area is 143 Å². The number of aliphatic hydroxyl groups excluding tert-OH is 1. The monoisotopic (exact) mass is 337 g/mol. The molecular weight excluding hydrogens is 309 g/mol. The molecule has 1 aromatic carbocycles. The van der Waals surface area contributed by atoms with Gasteiger partial charge in [-0.1, -0.05) is 6.92 Å². The van der Waals surface area contributed by atoms with Gasteiger partial charge in [-0.25, -0.2) is 4.39 Å². The minimum Gasteiger partial charge on any atom is -0.396 e. The fourth-order valence-corrected chi connectivity index (χ4v) is 2.93. The predicted octanol–water partition coefficient (Wildman–Crippen LogP) is 1.47. The van der Waals surface area contributed by atoms with E-state index in [0.29, 0.717) is 13.0 Å². The van der Waals surface area contributed by atoms with Crippen LogP contribution < -0.4 is 10.2 Å². The highest BCUT2D eigenvalue weighted by Gasteiger charge is 2.25. The molecule has 0 saturated carbocycles. The topological polar surface area (TPSA) is 55.8 Å². The molecule has 0 spiro atoms. The Morgan fingerprint density at radius 2 is 1.83 bits per heavy atom. The number of rotatable bonds is 7. The summed E-state index contributed by atoms with van der Waals surface area (Å²) < 4.78 is 13.0. The summed E-state index contributed by atoms with van der Waals surface area (Å²) in [5.41, 5.74) is 1.02. The number of amides is 1. The maximum absolute atomic E-state index is 13.0. The molecule has 2 unspecified atom stereocenters. The van der Waals surface area contributed by atoms with Crippen molar-refractivity contribution in [2.45, 2.75) is 26.3 Å². The lowest BCUT2D eigenvalue weighted by Crippen LogP contribution is -2.54. The fourth-order valence-electron chi connectivity index (χ4n) is 2.93. The lowest BCUT2D eigenvalue weighted by atomic mass is 10.1. The van der Waals surface area contributed by atoms with Crippen LogP contribution >= 0.6 is 0 Å². The molecule has 1 aromatic rings. The van der Waals surface area contributed by atoms with Gasteiger partial charge in [0.2, 0.25) is 5.91 Å². The van der Waals surface area contributed by atoms with Gasteiger partial charge in [-0.2, -0.15) is 0 Å². The van der Waals surface area contributed by atoms with Crippen molar-refractivity contribution in [3.05, 3.63) is 30.1 Å². The first-order valence-corrected chi connectivity index (χ1v) is 8.64. The Bertz CT molecular complexity index is 516. The predicted molar refractivity (Wildman–Crippen MR) is 93.5 cm³/mol. The quantitative estimate of drug-likeness (QED) is 0.791. The normalized spacial score (nSPS) is 18.2. The summed E-state index contributed by atoms with van der Waals surface area (Å²) in [5, 5.41) is 11.9. The molecule has 134 valence electrons. The van der Waals surface area contributed by atoms with E-state index in [9.17, 15) is 9.18 Å². The average Bonchev–Trinajstić information content (AvgIpc) is 2.60. The average molecular weight is 337 g/mol. The zero-order chi connectivity index (χ0) is 17.5. The van der Waals surface area contributed by atoms with Gasteiger partial charge in [0.25, 0.3) is 0 Å². The van der Waals surface area contributed by atoms with Crippen molar-refractivity contribution in [2.24, 2.45) is 5.92 Å². The smallest absolute Gasteiger partial charge is 0.237 e. The lowest BCUT2D eigenvalue weighted by Gasteiger charge is -2.38. The Hall–Kier alpha value is -1.66. The summed E-state index contributed by atoms with van der Waals surface area (Å²) in [6.07, 6.45) is 0.699. The molecule has 2 rings (SSSR count). The van der Waals surface area contributed by atoms with Gasteiger partial charge in [0, 0.05) is 45.0 Å². The van der Waals surface area contributed by atoms with Gasteiger partial charge in [-0.15, -0.1) is 0 Å². The van der Waals surface area contributed by atoms with Crippen molar-refractivity contribution in [1.29, 1.82) is 0 Å². The number of aliphatic hydroxyl groups is 1. The van der Waals surface area contributed by atoms with Gasteiger partial charge < -0.3 is 15.3 Å². The number of halogens is 1. The molecule has 1 aliphatic heterocycles. The molecule has 1 aliphatic rings. The molecule has 0 aromatic heterocycles. The van der Waals surface area contributed by atoms with Crippen molar-refractivity contribution in [2.75, 3.05) is 44.2 Å². The summed E-state index contributed by atoms with van der Waals surface area (Å²) in [4.78, 5) is 16.7. The Morgan fingerprint density at radius 3 is 2.42 bits per heavy atom. The number of nitrogens with one attached hydrogen (secondary N) is 1. The second-order valence-corrected chi connectivity index (χ2v) is 6.54. The number of anilines is 1. The van der Waals surface area contributed by atoms with E-state index in [2.05, 4.69) is 15.1 Å². The van der Waals surface area contributed by atoms with Crippen molar-refractivity contribution in [1.82, 2.24) is 10.2 Å². The molecule has 2 atom stereocenters. The van der Waals surface area contributed by atoms with Crippen LogP contribution in [0.2, 0.25) is 0 Å². The summed E-state index contributed by atoms with van der Waals surface area (Å²) in [6, 6.07) is 6.38. The van der Waals surface area contributed by atoms with Crippen LogP contribution in [0.1, 0.15) is 20.3 Å². The number of nitrogens with zero attached hydrogens (tertiary/aromatic N) is 2. The largest absolute Gasteiger partial charge is 0.396 e. The van der Waals surface area contributed by atoms with Crippen molar-refractivity contribution in [3.8, 4) is 0 Å². The highest BCUT2D eigenvalue weighted by atomic mass is 19.1. The van der Waals surface area contributed by atoms with Gasteiger partial charge in [0.05, 0.1) is 6.04 Å². The van der Waals surface area contributed by atoms with Crippen LogP contribution in [0.5, 0.6) is 0 Å². The van der Waals surface area contributed by atoms with Crippen LogP contribution in [0.15, 0.2) is 24.3 Å². The third-order valence-electron chi connectivity index (χ3n) is 4.68. The number of benzene rings is 1. The molecule has 5 nitrogen and oxygen atoms in total. The Kier molecular flexibility index (Phi) is 6.99. The molecule has 1 amide bonds. The molecule has 1 heterocycles. The zero-order valence-electron chi connectivity index (χ0n) is 14.5. The standard InChI is InChI=1S/C18H28FN3O2/c1-14(7-12-23)13-20-18(24)15(2)21-8-10-22(11-9-21)17-5-3-16(19)4-6-17/h3-6,14-15,23H,7-13H2,1-2H3,(H,20,24). The van der Waals surface area contributed by atoms with Gasteiger partial charge >= 0.3 is 0 Å². The molecule has 1 saturated heterocycles. The van der Waals surface area contributed by atoms with Crippen molar-refractivity contribution >= 4 is 11.6 Å². The van der Waals surface area contributed by atoms with Crippen molar-refractivity contribution < 1.29 is 14.3 Å². The van der Waals surface area contributed by atoms with Crippen LogP contribution in [0.3, 0.4) is 0 Å². The number of carbonyl (C=O) groups is 1. The molecule has 24 heavy (non-hydrogen) atoms. The van der Waals surface area contributed by atoms with Crippen molar-refractivity contribution in [3.63, 3.8) is 0 Å². The second kappa shape index (κ2) is 8.99. The van der Waals surface area contributed by atoms with Crippen LogP contribution in [0, 0.1) is 11.7 Å². The maximum atomic E-state index is 13.0. The Balaban J connectivity index is 1.78. The van der Waals surface area contributed by atoms with E-state index in [1.165, 1.54) is 12.1 Å². The van der Waals surface area contributed by atoms with Crippen LogP contribution in [-0.4, -0.2) is 61.3 Å². The second-order valence-electron chi connectivity index (χ2n) is 6.54. The number of hydrogen-bond acceptors (Lipinski definition) is 4.